The van der Waals surface area contributed by atoms with Crippen molar-refractivity contribution in [3.05, 3.63) is 53.3 Å². The predicted octanol–water partition coefficient (Wildman–Crippen LogP) is 3.32. The molecule has 10 heteroatoms. The number of nitrogens with one attached hydrogen (secondary N) is 1. The number of carbonyl (C=O) groups excluding carboxylic acids is 1. The van der Waals surface area contributed by atoms with Gasteiger partial charge in [-0.15, -0.1) is 10.2 Å². The van der Waals surface area contributed by atoms with Crippen LogP contribution in [0.2, 0.25) is 0 Å². The SMILES string of the molecule is COc1ccc(NC(=O)C(C)Sc2nnc(COc3cc(C)cc(C)c3)n2N)cc1OC. The first-order chi connectivity index (χ1) is 15.3. The lowest BCUT2D eigenvalue weighted by molar-refractivity contribution is -0.115. The van der Waals surface area contributed by atoms with E-state index in [1.165, 1.54) is 23.5 Å². The van der Waals surface area contributed by atoms with Crippen LogP contribution in [0.3, 0.4) is 0 Å². The molecular formula is C22H27N5O4S. The standard InChI is InChI=1S/C22H27N5O4S/c1-13-8-14(2)10-17(9-13)31-12-20-25-26-22(27(20)23)32-15(3)21(28)24-16-6-7-18(29-4)19(11-16)30-5/h6-11,15H,12,23H2,1-5H3,(H,24,28). The Hall–Kier alpha value is -3.40. The molecule has 1 heterocycles. The second kappa shape index (κ2) is 10.3. The van der Waals surface area contributed by atoms with Gasteiger partial charge in [-0.3, -0.25) is 4.79 Å². The van der Waals surface area contributed by atoms with Crippen LogP contribution in [-0.4, -0.2) is 40.3 Å². The van der Waals surface area contributed by atoms with E-state index in [0.717, 1.165) is 16.9 Å². The fourth-order valence-electron chi connectivity index (χ4n) is 3.02. The number of nitrogens with two attached hydrogens (primary N) is 1. The van der Waals surface area contributed by atoms with Gasteiger partial charge >= 0.3 is 0 Å². The van der Waals surface area contributed by atoms with E-state index in [0.29, 0.717) is 28.2 Å². The molecule has 9 nitrogen and oxygen atoms in total. The molecule has 0 aliphatic carbocycles. The lowest BCUT2D eigenvalue weighted by Gasteiger charge is -2.13. The summed E-state index contributed by atoms with van der Waals surface area (Å²) >= 11 is 1.20. The quantitative estimate of drug-likeness (QED) is 0.372. The minimum absolute atomic E-state index is 0.166. The summed E-state index contributed by atoms with van der Waals surface area (Å²) in [4.78, 5) is 12.6. The maximum Gasteiger partial charge on any atom is 0.237 e. The van der Waals surface area contributed by atoms with Crippen molar-refractivity contribution in [1.29, 1.82) is 0 Å². The number of thioether (sulfide) groups is 1. The van der Waals surface area contributed by atoms with Gasteiger partial charge in [0.15, 0.2) is 17.3 Å². The van der Waals surface area contributed by atoms with Crippen LogP contribution < -0.4 is 25.4 Å². The van der Waals surface area contributed by atoms with Gasteiger partial charge in [-0.2, -0.15) is 0 Å². The zero-order chi connectivity index (χ0) is 23.3. The van der Waals surface area contributed by atoms with E-state index < -0.39 is 5.25 Å². The molecule has 1 aromatic heterocycles. The third kappa shape index (κ3) is 5.64. The number of hydrogen-bond donors (Lipinski definition) is 2. The highest BCUT2D eigenvalue weighted by molar-refractivity contribution is 8.00. The Bertz CT molecular complexity index is 1080. The van der Waals surface area contributed by atoms with Gasteiger partial charge < -0.3 is 25.4 Å². The Balaban J connectivity index is 1.61. The van der Waals surface area contributed by atoms with Crippen LogP contribution in [0.1, 0.15) is 23.9 Å². The van der Waals surface area contributed by atoms with Crippen LogP contribution in [-0.2, 0) is 11.4 Å². The van der Waals surface area contributed by atoms with E-state index in [-0.39, 0.29) is 12.5 Å². The first kappa shape index (κ1) is 23.3. The fourth-order valence-corrected chi connectivity index (χ4v) is 3.81. The summed E-state index contributed by atoms with van der Waals surface area (Å²) in [5.74, 6) is 8.22. The maximum atomic E-state index is 12.6. The van der Waals surface area contributed by atoms with E-state index in [1.807, 2.05) is 26.0 Å². The van der Waals surface area contributed by atoms with Crippen LogP contribution >= 0.6 is 11.8 Å². The van der Waals surface area contributed by atoms with Crippen molar-refractivity contribution in [2.45, 2.75) is 37.8 Å². The maximum absolute atomic E-state index is 12.6. The Morgan fingerprint density at radius 1 is 1.09 bits per heavy atom. The molecule has 3 rings (SSSR count). The average molecular weight is 458 g/mol. The van der Waals surface area contributed by atoms with E-state index in [1.54, 1.807) is 32.2 Å². The molecule has 0 fully saturated rings. The molecule has 32 heavy (non-hydrogen) atoms. The van der Waals surface area contributed by atoms with Crippen molar-refractivity contribution in [3.8, 4) is 17.2 Å². The van der Waals surface area contributed by atoms with Crippen LogP contribution in [0.4, 0.5) is 5.69 Å². The molecule has 0 aliphatic heterocycles. The molecule has 1 amide bonds. The Labute approximate surface area is 191 Å². The third-order valence-electron chi connectivity index (χ3n) is 4.60. The molecule has 0 radical (unpaired) electrons. The fraction of sp³-hybridized carbons (Fsp3) is 0.318. The Morgan fingerprint density at radius 3 is 2.44 bits per heavy atom. The van der Waals surface area contributed by atoms with Gasteiger partial charge in [0.05, 0.1) is 19.5 Å². The number of carbonyl (C=O) groups is 1. The lowest BCUT2D eigenvalue weighted by Crippen LogP contribution is -2.24. The first-order valence-electron chi connectivity index (χ1n) is 9.90. The molecule has 0 spiro atoms. The van der Waals surface area contributed by atoms with Gasteiger partial charge in [-0.25, -0.2) is 4.68 Å². The second-order valence-electron chi connectivity index (χ2n) is 7.20. The molecule has 1 unspecified atom stereocenters. The number of amides is 1. The summed E-state index contributed by atoms with van der Waals surface area (Å²) < 4.78 is 17.6. The molecule has 0 saturated carbocycles. The molecule has 0 bridgehead atoms. The molecule has 170 valence electrons. The smallest absolute Gasteiger partial charge is 0.237 e. The minimum Gasteiger partial charge on any atom is -0.493 e. The number of nitrogens with zero attached hydrogens (tertiary/aromatic N) is 3. The van der Waals surface area contributed by atoms with Gasteiger partial charge in [0, 0.05) is 11.8 Å². The van der Waals surface area contributed by atoms with E-state index >= 15 is 0 Å². The summed E-state index contributed by atoms with van der Waals surface area (Å²) in [6, 6.07) is 11.1. The molecule has 0 saturated heterocycles. The van der Waals surface area contributed by atoms with Crippen molar-refractivity contribution < 1.29 is 19.0 Å². The lowest BCUT2D eigenvalue weighted by atomic mass is 10.1. The van der Waals surface area contributed by atoms with E-state index in [2.05, 4.69) is 21.6 Å². The van der Waals surface area contributed by atoms with Crippen molar-refractivity contribution >= 4 is 23.4 Å². The second-order valence-corrected chi connectivity index (χ2v) is 8.51. The van der Waals surface area contributed by atoms with Gasteiger partial charge in [0.1, 0.15) is 12.4 Å². The molecule has 0 aliphatic rings. The number of nitrogen functional groups attached to an aromatic ring is 1. The number of benzene rings is 2. The number of ether oxygens (including phenoxy) is 3. The summed E-state index contributed by atoms with van der Waals surface area (Å²) in [5, 5.41) is 11.0. The monoisotopic (exact) mass is 457 g/mol. The number of methoxy groups -OCH3 is 2. The molecule has 3 N–H and O–H groups in total. The topological polar surface area (TPSA) is 114 Å². The molecule has 2 aromatic carbocycles. The highest BCUT2D eigenvalue weighted by Crippen LogP contribution is 2.30. The van der Waals surface area contributed by atoms with Gasteiger partial charge in [-0.1, -0.05) is 17.8 Å². The molecule has 1 atom stereocenters. The van der Waals surface area contributed by atoms with Gasteiger partial charge in [-0.05, 0) is 56.2 Å². The summed E-state index contributed by atoms with van der Waals surface area (Å²) in [6.45, 7) is 5.95. The van der Waals surface area contributed by atoms with Crippen molar-refractivity contribution in [2.24, 2.45) is 0 Å². The Kier molecular flexibility index (Phi) is 7.47. The van der Waals surface area contributed by atoms with Crippen molar-refractivity contribution in [2.75, 3.05) is 25.4 Å². The van der Waals surface area contributed by atoms with Crippen LogP contribution in [0.15, 0.2) is 41.6 Å². The van der Waals surface area contributed by atoms with E-state index in [4.69, 9.17) is 20.1 Å². The highest BCUT2D eigenvalue weighted by atomic mass is 32.2. The minimum atomic E-state index is -0.470. The number of aryl methyl sites for hydroxylation is 2. The largest absolute Gasteiger partial charge is 0.493 e. The van der Waals surface area contributed by atoms with Crippen LogP contribution in [0.5, 0.6) is 17.2 Å². The van der Waals surface area contributed by atoms with Crippen LogP contribution in [0.25, 0.3) is 0 Å². The van der Waals surface area contributed by atoms with Crippen molar-refractivity contribution in [3.63, 3.8) is 0 Å². The summed E-state index contributed by atoms with van der Waals surface area (Å²) in [5.41, 5.74) is 2.82. The highest BCUT2D eigenvalue weighted by Gasteiger charge is 2.20. The summed E-state index contributed by atoms with van der Waals surface area (Å²) in [7, 11) is 3.09. The number of hydrogen-bond acceptors (Lipinski definition) is 8. The van der Waals surface area contributed by atoms with Gasteiger partial charge in [0.25, 0.3) is 0 Å². The zero-order valence-electron chi connectivity index (χ0n) is 18.7. The van der Waals surface area contributed by atoms with Crippen molar-refractivity contribution in [1.82, 2.24) is 14.9 Å². The van der Waals surface area contributed by atoms with Crippen LogP contribution in [0, 0.1) is 13.8 Å². The number of rotatable bonds is 9. The summed E-state index contributed by atoms with van der Waals surface area (Å²) in [6.07, 6.45) is 0. The van der Waals surface area contributed by atoms with E-state index in [9.17, 15) is 4.79 Å². The molecular weight excluding hydrogens is 430 g/mol. The predicted molar refractivity (Wildman–Crippen MR) is 124 cm³/mol. The normalized spacial score (nSPS) is 11.7. The number of aromatic nitrogens is 3. The Morgan fingerprint density at radius 2 is 1.78 bits per heavy atom. The van der Waals surface area contributed by atoms with Gasteiger partial charge in [0.2, 0.25) is 11.1 Å². The first-order valence-corrected chi connectivity index (χ1v) is 10.8. The number of anilines is 1. The molecule has 3 aromatic rings. The zero-order valence-corrected chi connectivity index (χ0v) is 19.5. The third-order valence-corrected chi connectivity index (χ3v) is 5.66. The average Bonchev–Trinajstić information content (AvgIpc) is 3.10.